The van der Waals surface area contributed by atoms with E-state index in [4.69, 9.17) is 0 Å². The summed E-state index contributed by atoms with van der Waals surface area (Å²) in [6.45, 7) is 4.49. The first kappa shape index (κ1) is 15.3. The van der Waals surface area contributed by atoms with E-state index in [-0.39, 0.29) is 5.91 Å². The highest BCUT2D eigenvalue weighted by Gasteiger charge is 2.31. The summed E-state index contributed by atoms with van der Waals surface area (Å²) < 4.78 is 2.11. The van der Waals surface area contributed by atoms with Gasteiger partial charge in [0, 0.05) is 25.0 Å². The van der Waals surface area contributed by atoms with Crippen LogP contribution in [0.25, 0.3) is 5.00 Å². The van der Waals surface area contributed by atoms with Crippen LogP contribution in [0.3, 0.4) is 0 Å². The zero-order valence-corrected chi connectivity index (χ0v) is 14.1. The quantitative estimate of drug-likeness (QED) is 0.921. The van der Waals surface area contributed by atoms with Gasteiger partial charge in [-0.3, -0.25) is 4.79 Å². The van der Waals surface area contributed by atoms with E-state index in [0.29, 0.717) is 18.0 Å². The zero-order valence-electron chi connectivity index (χ0n) is 13.2. The summed E-state index contributed by atoms with van der Waals surface area (Å²) in [6, 6.07) is 6.00. The molecule has 0 aliphatic heterocycles. The second-order valence-corrected chi connectivity index (χ2v) is 7.08. The van der Waals surface area contributed by atoms with Crippen LogP contribution in [0.5, 0.6) is 0 Å². The Morgan fingerprint density at radius 2 is 2.00 bits per heavy atom. The molecule has 1 saturated carbocycles. The summed E-state index contributed by atoms with van der Waals surface area (Å²) in [5.74, 6) is 0.356. The van der Waals surface area contributed by atoms with E-state index >= 15 is 0 Å². The van der Waals surface area contributed by atoms with Crippen molar-refractivity contribution >= 4 is 17.2 Å². The Labute approximate surface area is 135 Å². The molecule has 0 radical (unpaired) electrons. The van der Waals surface area contributed by atoms with Gasteiger partial charge in [-0.2, -0.15) is 0 Å². The normalized spacial score (nSPS) is 15.8. The van der Waals surface area contributed by atoms with Crippen molar-refractivity contribution < 1.29 is 9.90 Å². The summed E-state index contributed by atoms with van der Waals surface area (Å²) >= 11 is 1.57. The van der Waals surface area contributed by atoms with E-state index in [0.717, 1.165) is 29.2 Å². The Kier molecular flexibility index (Phi) is 4.10. The second kappa shape index (κ2) is 5.89. The number of aliphatic hydroxyl groups is 1. The Morgan fingerprint density at radius 1 is 1.36 bits per heavy atom. The van der Waals surface area contributed by atoms with Crippen LogP contribution in [-0.4, -0.2) is 40.2 Å². The molecule has 0 spiro atoms. The monoisotopic (exact) mass is 318 g/mol. The van der Waals surface area contributed by atoms with Crippen LogP contribution in [0, 0.1) is 19.8 Å². The third-order valence-electron chi connectivity index (χ3n) is 4.32. The fourth-order valence-corrected chi connectivity index (χ4v) is 3.83. The van der Waals surface area contributed by atoms with Gasteiger partial charge >= 0.3 is 0 Å². The molecule has 4 nitrogen and oxygen atoms in total. The molecule has 1 fully saturated rings. The van der Waals surface area contributed by atoms with Crippen molar-refractivity contribution in [1.82, 2.24) is 9.47 Å². The number of hydrogen-bond donors (Lipinski definition) is 1. The molecule has 5 heteroatoms. The van der Waals surface area contributed by atoms with Gasteiger partial charge in [-0.05, 0) is 56.2 Å². The molecule has 1 atom stereocenters. The molecule has 1 aliphatic carbocycles. The van der Waals surface area contributed by atoms with Crippen molar-refractivity contribution in [3.63, 3.8) is 0 Å². The van der Waals surface area contributed by atoms with E-state index in [1.54, 1.807) is 23.3 Å². The molecule has 0 aromatic carbocycles. The predicted molar refractivity (Wildman–Crippen MR) is 88.8 cm³/mol. The molecule has 118 valence electrons. The number of aromatic nitrogens is 1. The topological polar surface area (TPSA) is 45.5 Å². The van der Waals surface area contributed by atoms with Crippen molar-refractivity contribution in [1.29, 1.82) is 0 Å². The molecule has 2 heterocycles. The van der Waals surface area contributed by atoms with Crippen LogP contribution >= 0.6 is 11.3 Å². The van der Waals surface area contributed by atoms with E-state index in [2.05, 4.69) is 16.7 Å². The summed E-state index contributed by atoms with van der Waals surface area (Å²) in [5, 5.41) is 13.0. The average Bonchev–Trinajstić information content (AvgIpc) is 3.15. The number of carbonyl (C=O) groups excluding carboxylic acids is 1. The maximum atomic E-state index is 12.7. The summed E-state index contributed by atoms with van der Waals surface area (Å²) in [5.41, 5.74) is 2.95. The van der Waals surface area contributed by atoms with E-state index in [1.165, 1.54) is 0 Å². The molecule has 0 bridgehead atoms. The van der Waals surface area contributed by atoms with E-state index in [1.807, 2.05) is 25.3 Å². The number of carbonyl (C=O) groups is 1. The summed E-state index contributed by atoms with van der Waals surface area (Å²) in [7, 11) is 1.77. The van der Waals surface area contributed by atoms with Crippen LogP contribution in [0.1, 0.15) is 34.6 Å². The standard InChI is InChI=1S/C17H22N2O2S/c1-11-4-5-12(2)19(11)17-14(8-9-22-17)16(21)18(3)10-15(20)13-6-7-13/h4-5,8-9,13,15,20H,6-7,10H2,1-3H3. The fraction of sp³-hybridized carbons (Fsp3) is 0.471. The number of rotatable bonds is 5. The van der Waals surface area contributed by atoms with Crippen LogP contribution in [0.15, 0.2) is 23.6 Å². The Hall–Kier alpha value is -1.59. The molecule has 1 unspecified atom stereocenters. The van der Waals surface area contributed by atoms with E-state index < -0.39 is 6.10 Å². The predicted octanol–water partition coefficient (Wildman–Crippen LogP) is 3.00. The van der Waals surface area contributed by atoms with Crippen LogP contribution < -0.4 is 0 Å². The first-order valence-electron chi connectivity index (χ1n) is 7.65. The second-order valence-electron chi connectivity index (χ2n) is 6.18. The largest absolute Gasteiger partial charge is 0.391 e. The highest BCUT2D eigenvalue weighted by atomic mass is 32.1. The molecule has 2 aromatic heterocycles. The lowest BCUT2D eigenvalue weighted by Gasteiger charge is -2.21. The van der Waals surface area contributed by atoms with Gasteiger partial charge in [0.05, 0.1) is 11.7 Å². The molecular formula is C17H22N2O2S. The van der Waals surface area contributed by atoms with Gasteiger partial charge in [-0.1, -0.05) is 0 Å². The number of aryl methyl sites for hydroxylation is 2. The van der Waals surface area contributed by atoms with Crippen molar-refractivity contribution in [2.45, 2.75) is 32.8 Å². The van der Waals surface area contributed by atoms with Crippen molar-refractivity contribution in [2.24, 2.45) is 5.92 Å². The Bertz CT molecular complexity index is 665. The SMILES string of the molecule is Cc1ccc(C)n1-c1sccc1C(=O)N(C)CC(O)C1CC1. The van der Waals surface area contributed by atoms with Crippen molar-refractivity contribution in [3.05, 3.63) is 40.5 Å². The lowest BCUT2D eigenvalue weighted by molar-refractivity contribution is 0.0646. The number of amides is 1. The third kappa shape index (κ3) is 2.83. The number of thiophene rings is 1. The molecule has 0 saturated heterocycles. The van der Waals surface area contributed by atoms with Crippen LogP contribution in [0.2, 0.25) is 0 Å². The first-order valence-corrected chi connectivity index (χ1v) is 8.53. The van der Waals surface area contributed by atoms with Gasteiger partial charge in [-0.25, -0.2) is 0 Å². The highest BCUT2D eigenvalue weighted by molar-refractivity contribution is 7.13. The molecular weight excluding hydrogens is 296 g/mol. The van der Waals surface area contributed by atoms with Gasteiger partial charge < -0.3 is 14.6 Å². The smallest absolute Gasteiger partial charge is 0.256 e. The van der Waals surface area contributed by atoms with Gasteiger partial charge in [0.1, 0.15) is 5.00 Å². The minimum atomic E-state index is -0.397. The molecule has 1 amide bonds. The minimum Gasteiger partial charge on any atom is -0.391 e. The molecule has 2 aromatic rings. The third-order valence-corrected chi connectivity index (χ3v) is 5.22. The molecule has 3 rings (SSSR count). The van der Waals surface area contributed by atoms with Crippen LogP contribution in [0.4, 0.5) is 0 Å². The van der Waals surface area contributed by atoms with E-state index in [9.17, 15) is 9.90 Å². The van der Waals surface area contributed by atoms with Gasteiger partial charge in [0.15, 0.2) is 0 Å². The number of aliphatic hydroxyl groups excluding tert-OH is 1. The maximum absolute atomic E-state index is 12.7. The number of likely N-dealkylation sites (N-methyl/N-ethyl adjacent to an activating group) is 1. The summed E-state index contributed by atoms with van der Waals surface area (Å²) in [6.07, 6.45) is 1.76. The van der Waals surface area contributed by atoms with Gasteiger partial charge in [-0.15, -0.1) is 11.3 Å². The molecule has 1 N–H and O–H groups in total. The van der Waals surface area contributed by atoms with Crippen molar-refractivity contribution in [2.75, 3.05) is 13.6 Å². The minimum absolute atomic E-state index is 0.0246. The Morgan fingerprint density at radius 3 is 2.59 bits per heavy atom. The summed E-state index contributed by atoms with van der Waals surface area (Å²) in [4.78, 5) is 14.4. The van der Waals surface area contributed by atoms with Crippen molar-refractivity contribution in [3.8, 4) is 5.00 Å². The Balaban J connectivity index is 1.83. The molecule has 22 heavy (non-hydrogen) atoms. The van der Waals surface area contributed by atoms with Gasteiger partial charge in [0.2, 0.25) is 0 Å². The maximum Gasteiger partial charge on any atom is 0.256 e. The zero-order chi connectivity index (χ0) is 15.9. The van der Waals surface area contributed by atoms with Crippen LogP contribution in [-0.2, 0) is 0 Å². The lowest BCUT2D eigenvalue weighted by Crippen LogP contribution is -2.35. The fourth-order valence-electron chi connectivity index (χ4n) is 2.83. The highest BCUT2D eigenvalue weighted by Crippen LogP contribution is 2.33. The first-order chi connectivity index (χ1) is 10.5. The number of nitrogens with zero attached hydrogens (tertiary/aromatic N) is 2. The average molecular weight is 318 g/mol. The van der Waals surface area contributed by atoms with Gasteiger partial charge in [0.25, 0.3) is 5.91 Å². The lowest BCUT2D eigenvalue weighted by atomic mass is 10.2. The molecule has 1 aliphatic rings. The number of hydrogen-bond acceptors (Lipinski definition) is 3.